The van der Waals surface area contributed by atoms with Crippen LogP contribution in [0, 0.1) is 10.5 Å². The van der Waals surface area contributed by atoms with E-state index in [4.69, 9.17) is 4.74 Å². The molecule has 1 amide bonds. The van der Waals surface area contributed by atoms with Crippen molar-refractivity contribution in [2.24, 2.45) is 0 Å². The number of halogens is 1. The van der Waals surface area contributed by atoms with Crippen LogP contribution < -0.4 is 10.1 Å². The Labute approximate surface area is 147 Å². The standard InChI is InChI=1S/C17H16IN3O2/c1-12-3-2-8-21-10-14(20-17(12)21)9-19-16(22)11-23-15-6-4-13(18)5-7-15/h2-8,10H,9,11H2,1H3,(H,19,22). The molecule has 0 aliphatic rings. The second-order valence-electron chi connectivity index (χ2n) is 5.17. The molecule has 0 aliphatic carbocycles. The summed E-state index contributed by atoms with van der Waals surface area (Å²) in [6.07, 6.45) is 3.86. The van der Waals surface area contributed by atoms with Gasteiger partial charge in [0.2, 0.25) is 0 Å². The van der Waals surface area contributed by atoms with Crippen molar-refractivity contribution < 1.29 is 9.53 Å². The van der Waals surface area contributed by atoms with Gasteiger partial charge in [-0.3, -0.25) is 4.79 Å². The number of imidazole rings is 1. The van der Waals surface area contributed by atoms with E-state index in [2.05, 4.69) is 32.9 Å². The first kappa shape index (κ1) is 15.8. The van der Waals surface area contributed by atoms with Crippen molar-refractivity contribution in [3.63, 3.8) is 0 Å². The van der Waals surface area contributed by atoms with Crippen LogP contribution in [-0.4, -0.2) is 21.9 Å². The molecule has 0 radical (unpaired) electrons. The first-order chi connectivity index (χ1) is 11.1. The number of benzene rings is 1. The van der Waals surface area contributed by atoms with Crippen molar-refractivity contribution >= 4 is 34.1 Å². The van der Waals surface area contributed by atoms with Crippen LogP contribution in [0.1, 0.15) is 11.3 Å². The highest BCUT2D eigenvalue weighted by Crippen LogP contribution is 2.13. The predicted octanol–water partition coefficient (Wildman–Crippen LogP) is 2.94. The summed E-state index contributed by atoms with van der Waals surface area (Å²) in [5, 5.41) is 2.82. The normalized spacial score (nSPS) is 10.7. The minimum absolute atomic E-state index is 0.00695. The van der Waals surface area contributed by atoms with E-state index in [-0.39, 0.29) is 12.5 Å². The topological polar surface area (TPSA) is 55.6 Å². The summed E-state index contributed by atoms with van der Waals surface area (Å²) >= 11 is 2.22. The van der Waals surface area contributed by atoms with Gasteiger partial charge in [-0.15, -0.1) is 0 Å². The summed E-state index contributed by atoms with van der Waals surface area (Å²) in [7, 11) is 0. The highest BCUT2D eigenvalue weighted by Gasteiger charge is 2.06. The fraction of sp³-hybridized carbons (Fsp3) is 0.176. The van der Waals surface area contributed by atoms with Gasteiger partial charge in [-0.05, 0) is 65.4 Å². The maximum Gasteiger partial charge on any atom is 0.258 e. The molecular weight excluding hydrogens is 405 g/mol. The quantitative estimate of drug-likeness (QED) is 0.645. The number of ether oxygens (including phenoxy) is 1. The first-order valence-corrected chi connectivity index (χ1v) is 8.28. The zero-order chi connectivity index (χ0) is 16.2. The van der Waals surface area contributed by atoms with E-state index >= 15 is 0 Å². The van der Waals surface area contributed by atoms with E-state index in [1.807, 2.05) is 60.1 Å². The number of aryl methyl sites for hydroxylation is 1. The lowest BCUT2D eigenvalue weighted by Crippen LogP contribution is -2.28. The van der Waals surface area contributed by atoms with Crippen LogP contribution >= 0.6 is 22.6 Å². The minimum atomic E-state index is -0.169. The lowest BCUT2D eigenvalue weighted by atomic mass is 10.3. The lowest BCUT2D eigenvalue weighted by Gasteiger charge is -2.06. The van der Waals surface area contributed by atoms with Crippen LogP contribution in [0.3, 0.4) is 0 Å². The number of carbonyl (C=O) groups excluding carboxylic acids is 1. The van der Waals surface area contributed by atoms with Crippen molar-refractivity contribution in [3.05, 3.63) is 63.6 Å². The maximum atomic E-state index is 11.9. The van der Waals surface area contributed by atoms with Gasteiger partial charge < -0.3 is 14.5 Å². The molecule has 6 heteroatoms. The minimum Gasteiger partial charge on any atom is -0.484 e. The van der Waals surface area contributed by atoms with E-state index in [1.165, 1.54) is 0 Å². The van der Waals surface area contributed by atoms with Crippen LogP contribution in [0.25, 0.3) is 5.65 Å². The van der Waals surface area contributed by atoms with Gasteiger partial charge in [0.05, 0.1) is 12.2 Å². The molecule has 0 saturated heterocycles. The average Bonchev–Trinajstić information content (AvgIpc) is 2.97. The number of hydrogen-bond donors (Lipinski definition) is 1. The number of nitrogens with one attached hydrogen (secondary N) is 1. The average molecular weight is 421 g/mol. The zero-order valence-electron chi connectivity index (χ0n) is 12.6. The molecule has 0 spiro atoms. The molecule has 23 heavy (non-hydrogen) atoms. The van der Waals surface area contributed by atoms with Crippen molar-refractivity contribution in [1.29, 1.82) is 0 Å². The summed E-state index contributed by atoms with van der Waals surface area (Å²) in [5.74, 6) is 0.515. The van der Waals surface area contributed by atoms with Gasteiger partial charge in [0.15, 0.2) is 6.61 Å². The first-order valence-electron chi connectivity index (χ1n) is 7.20. The van der Waals surface area contributed by atoms with Crippen LogP contribution in [0.15, 0.2) is 48.8 Å². The maximum absolute atomic E-state index is 11.9. The smallest absolute Gasteiger partial charge is 0.258 e. The molecule has 1 N–H and O–H groups in total. The molecule has 1 aromatic carbocycles. The molecule has 5 nitrogen and oxygen atoms in total. The SMILES string of the molecule is Cc1cccn2cc(CNC(=O)COc3ccc(I)cc3)nc12. The number of aromatic nitrogens is 2. The molecule has 118 valence electrons. The molecule has 0 unspecified atom stereocenters. The monoisotopic (exact) mass is 421 g/mol. The van der Waals surface area contributed by atoms with Crippen LogP contribution in [0.2, 0.25) is 0 Å². The second kappa shape index (κ2) is 6.99. The summed E-state index contributed by atoms with van der Waals surface area (Å²) in [4.78, 5) is 16.4. The number of fused-ring (bicyclic) bond motifs is 1. The highest BCUT2D eigenvalue weighted by atomic mass is 127. The Morgan fingerprint density at radius 2 is 2.09 bits per heavy atom. The highest BCUT2D eigenvalue weighted by molar-refractivity contribution is 14.1. The number of rotatable bonds is 5. The number of nitrogens with zero attached hydrogens (tertiary/aromatic N) is 2. The molecule has 2 aromatic heterocycles. The van der Waals surface area contributed by atoms with Gasteiger partial charge >= 0.3 is 0 Å². The number of hydrogen-bond acceptors (Lipinski definition) is 3. The zero-order valence-corrected chi connectivity index (χ0v) is 14.8. The van der Waals surface area contributed by atoms with Gasteiger partial charge in [0.1, 0.15) is 11.4 Å². The molecule has 0 atom stereocenters. The third kappa shape index (κ3) is 4.01. The number of carbonyl (C=O) groups is 1. The fourth-order valence-corrected chi connectivity index (χ4v) is 2.57. The molecule has 0 bridgehead atoms. The summed E-state index contributed by atoms with van der Waals surface area (Å²) in [6, 6.07) is 11.6. The Bertz CT molecular complexity index is 827. The number of pyridine rings is 1. The van der Waals surface area contributed by atoms with Crippen LogP contribution in [0.4, 0.5) is 0 Å². The number of amides is 1. The van der Waals surface area contributed by atoms with E-state index < -0.39 is 0 Å². The summed E-state index contributed by atoms with van der Waals surface area (Å²) in [6.45, 7) is 2.39. The second-order valence-corrected chi connectivity index (χ2v) is 6.42. The predicted molar refractivity (Wildman–Crippen MR) is 96.4 cm³/mol. The van der Waals surface area contributed by atoms with E-state index in [1.54, 1.807) is 0 Å². The molecule has 0 saturated carbocycles. The third-order valence-electron chi connectivity index (χ3n) is 3.38. The van der Waals surface area contributed by atoms with Gasteiger partial charge in [-0.1, -0.05) is 6.07 Å². The largest absolute Gasteiger partial charge is 0.484 e. The Hall–Kier alpha value is -2.09. The molecule has 3 aromatic rings. The van der Waals surface area contributed by atoms with Gasteiger partial charge in [-0.2, -0.15) is 0 Å². The van der Waals surface area contributed by atoms with Crippen LogP contribution in [0.5, 0.6) is 5.75 Å². The Kier molecular flexibility index (Phi) is 4.80. The molecule has 0 aliphatic heterocycles. The molecule has 3 rings (SSSR count). The fourth-order valence-electron chi connectivity index (χ4n) is 2.21. The molecular formula is C17H16IN3O2. The Morgan fingerprint density at radius 3 is 2.83 bits per heavy atom. The van der Waals surface area contributed by atoms with Crippen molar-refractivity contribution in [1.82, 2.24) is 14.7 Å². The van der Waals surface area contributed by atoms with E-state index in [0.717, 1.165) is 20.5 Å². The lowest BCUT2D eigenvalue weighted by molar-refractivity contribution is -0.123. The van der Waals surface area contributed by atoms with Gasteiger partial charge in [0.25, 0.3) is 5.91 Å². The molecule has 0 fully saturated rings. The summed E-state index contributed by atoms with van der Waals surface area (Å²) < 4.78 is 8.53. The van der Waals surface area contributed by atoms with Gasteiger partial charge in [0, 0.05) is 16.0 Å². The molecule has 2 heterocycles. The van der Waals surface area contributed by atoms with Crippen molar-refractivity contribution in [2.45, 2.75) is 13.5 Å². The van der Waals surface area contributed by atoms with E-state index in [9.17, 15) is 4.79 Å². The third-order valence-corrected chi connectivity index (χ3v) is 4.10. The van der Waals surface area contributed by atoms with Crippen LogP contribution in [-0.2, 0) is 11.3 Å². The Balaban J connectivity index is 1.53. The van der Waals surface area contributed by atoms with Gasteiger partial charge in [-0.25, -0.2) is 4.98 Å². The Morgan fingerprint density at radius 1 is 1.30 bits per heavy atom. The van der Waals surface area contributed by atoms with E-state index in [0.29, 0.717) is 12.3 Å². The van der Waals surface area contributed by atoms with Crippen molar-refractivity contribution in [3.8, 4) is 5.75 Å². The summed E-state index contributed by atoms with van der Waals surface area (Å²) in [5.41, 5.74) is 2.83. The van der Waals surface area contributed by atoms with Crippen molar-refractivity contribution in [2.75, 3.05) is 6.61 Å².